The van der Waals surface area contributed by atoms with E-state index in [2.05, 4.69) is 10.2 Å². The van der Waals surface area contributed by atoms with Crippen molar-refractivity contribution >= 4 is 15.7 Å². The Balaban J connectivity index is 1.67. The highest BCUT2D eigenvalue weighted by molar-refractivity contribution is 7.90. The molecule has 0 atom stereocenters. The second-order valence-corrected chi connectivity index (χ2v) is 7.84. The van der Waals surface area contributed by atoms with E-state index in [1.165, 1.54) is 7.11 Å². The minimum atomic E-state index is -3.51. The number of likely N-dealkylation sites (tertiary alicyclic amines) is 1. The highest BCUT2D eigenvalue weighted by Crippen LogP contribution is 2.29. The second kappa shape index (κ2) is 6.83. The molecule has 1 aliphatic rings. The number of piperidine rings is 1. The van der Waals surface area contributed by atoms with E-state index in [-0.39, 0.29) is 17.0 Å². The number of methoxy groups -OCH3 is 1. The molecule has 9 heteroatoms. The lowest BCUT2D eigenvalue weighted by atomic mass is 9.96. The van der Waals surface area contributed by atoms with Gasteiger partial charge in [-0.3, -0.25) is 4.79 Å². The molecule has 8 nitrogen and oxygen atoms in total. The Morgan fingerprint density at radius 3 is 2.52 bits per heavy atom. The van der Waals surface area contributed by atoms with E-state index < -0.39 is 9.84 Å². The molecule has 134 valence electrons. The topological polar surface area (TPSA) is 103 Å². The minimum absolute atomic E-state index is 0.0512. The summed E-state index contributed by atoms with van der Waals surface area (Å²) < 4.78 is 33.4. The zero-order valence-electron chi connectivity index (χ0n) is 14.0. The Bertz CT molecular complexity index is 869. The molecule has 1 aliphatic heterocycles. The number of amides is 1. The van der Waals surface area contributed by atoms with Crippen molar-refractivity contribution in [3.05, 3.63) is 35.7 Å². The SMILES string of the molecule is COc1ccccc1C(=O)N1CCC(c2nnc(S(C)(=O)=O)o2)CC1. The third-order valence-electron chi connectivity index (χ3n) is 4.21. The molecule has 1 amide bonds. The van der Waals surface area contributed by atoms with Gasteiger partial charge < -0.3 is 14.1 Å². The van der Waals surface area contributed by atoms with Crippen LogP contribution in [-0.2, 0) is 9.84 Å². The molecule has 0 spiro atoms. The number of hydrogen-bond acceptors (Lipinski definition) is 7. The van der Waals surface area contributed by atoms with Crippen molar-refractivity contribution in [3.8, 4) is 5.75 Å². The lowest BCUT2D eigenvalue weighted by Gasteiger charge is -2.30. The number of para-hydroxylation sites is 1. The van der Waals surface area contributed by atoms with Crippen molar-refractivity contribution < 1.29 is 22.4 Å². The van der Waals surface area contributed by atoms with Crippen molar-refractivity contribution in [1.82, 2.24) is 15.1 Å². The van der Waals surface area contributed by atoms with Crippen LogP contribution in [-0.4, -0.2) is 55.9 Å². The van der Waals surface area contributed by atoms with Crippen LogP contribution in [0.1, 0.15) is 35.0 Å². The van der Waals surface area contributed by atoms with E-state index in [9.17, 15) is 13.2 Å². The number of aromatic nitrogens is 2. The van der Waals surface area contributed by atoms with Gasteiger partial charge in [0.25, 0.3) is 5.91 Å². The summed E-state index contributed by atoms with van der Waals surface area (Å²) in [7, 11) is -1.97. The monoisotopic (exact) mass is 365 g/mol. The predicted molar refractivity (Wildman–Crippen MR) is 88.3 cm³/mol. The molecular weight excluding hydrogens is 346 g/mol. The largest absolute Gasteiger partial charge is 0.496 e. The molecule has 0 unspecified atom stereocenters. The van der Waals surface area contributed by atoms with E-state index in [4.69, 9.17) is 9.15 Å². The molecule has 1 aromatic carbocycles. The molecule has 25 heavy (non-hydrogen) atoms. The zero-order valence-corrected chi connectivity index (χ0v) is 14.8. The summed E-state index contributed by atoms with van der Waals surface area (Å²) in [6, 6.07) is 7.11. The van der Waals surface area contributed by atoms with Crippen LogP contribution in [0.5, 0.6) is 5.75 Å². The number of carbonyl (C=O) groups is 1. The fourth-order valence-corrected chi connectivity index (χ4v) is 3.28. The van der Waals surface area contributed by atoms with Gasteiger partial charge >= 0.3 is 5.22 Å². The van der Waals surface area contributed by atoms with Gasteiger partial charge in [-0.25, -0.2) is 8.42 Å². The third kappa shape index (κ3) is 3.65. The fraction of sp³-hybridized carbons (Fsp3) is 0.438. The molecule has 0 radical (unpaired) electrons. The molecule has 0 N–H and O–H groups in total. The molecule has 0 saturated carbocycles. The second-order valence-electron chi connectivity index (χ2n) is 5.95. The normalized spacial score (nSPS) is 16.0. The number of rotatable bonds is 4. The summed E-state index contributed by atoms with van der Waals surface area (Å²) in [4.78, 5) is 14.4. The van der Waals surface area contributed by atoms with Gasteiger partial charge in [-0.05, 0) is 25.0 Å². The summed E-state index contributed by atoms with van der Waals surface area (Å²) in [5.41, 5.74) is 0.528. The van der Waals surface area contributed by atoms with Crippen LogP contribution in [0.2, 0.25) is 0 Å². The first-order chi connectivity index (χ1) is 11.9. The third-order valence-corrected chi connectivity index (χ3v) is 5.01. The maximum Gasteiger partial charge on any atom is 0.335 e. The van der Waals surface area contributed by atoms with Crippen LogP contribution in [0.15, 0.2) is 33.9 Å². The van der Waals surface area contributed by atoms with Crippen LogP contribution in [0, 0.1) is 0 Å². The van der Waals surface area contributed by atoms with E-state index >= 15 is 0 Å². The summed E-state index contributed by atoms with van der Waals surface area (Å²) in [6.45, 7) is 1.05. The van der Waals surface area contributed by atoms with Gasteiger partial charge in [0.05, 0.1) is 12.7 Å². The van der Waals surface area contributed by atoms with E-state index in [1.54, 1.807) is 23.1 Å². The first-order valence-corrected chi connectivity index (χ1v) is 9.75. The fourth-order valence-electron chi connectivity index (χ4n) is 2.86. The average molecular weight is 365 g/mol. The van der Waals surface area contributed by atoms with Crippen molar-refractivity contribution in [2.24, 2.45) is 0 Å². The molecular formula is C16H19N3O5S. The number of hydrogen-bond donors (Lipinski definition) is 0. The van der Waals surface area contributed by atoms with Crippen LogP contribution in [0.4, 0.5) is 0 Å². The smallest absolute Gasteiger partial charge is 0.335 e. The van der Waals surface area contributed by atoms with E-state index in [0.717, 1.165) is 6.26 Å². The van der Waals surface area contributed by atoms with Gasteiger partial charge in [0.15, 0.2) is 0 Å². The minimum Gasteiger partial charge on any atom is -0.496 e. The summed E-state index contributed by atoms with van der Waals surface area (Å²) in [5.74, 6) is 0.720. The molecule has 1 aromatic heterocycles. The Morgan fingerprint density at radius 2 is 1.92 bits per heavy atom. The molecule has 0 aliphatic carbocycles. The van der Waals surface area contributed by atoms with Crippen LogP contribution < -0.4 is 4.74 Å². The van der Waals surface area contributed by atoms with Crippen molar-refractivity contribution in [2.45, 2.75) is 24.0 Å². The molecule has 1 fully saturated rings. The lowest BCUT2D eigenvalue weighted by molar-refractivity contribution is 0.0702. The van der Waals surface area contributed by atoms with Gasteiger partial charge in [-0.1, -0.05) is 17.2 Å². The van der Waals surface area contributed by atoms with Crippen molar-refractivity contribution in [1.29, 1.82) is 0 Å². The Labute approximate surface area is 145 Å². The van der Waals surface area contributed by atoms with E-state index in [1.807, 2.05) is 6.07 Å². The maximum absolute atomic E-state index is 12.7. The highest BCUT2D eigenvalue weighted by Gasteiger charge is 2.29. The molecule has 0 bridgehead atoms. The number of nitrogens with zero attached hydrogens (tertiary/aromatic N) is 3. The highest BCUT2D eigenvalue weighted by atomic mass is 32.2. The Hall–Kier alpha value is -2.42. The van der Waals surface area contributed by atoms with Crippen LogP contribution in [0.25, 0.3) is 0 Å². The van der Waals surface area contributed by atoms with Crippen LogP contribution >= 0.6 is 0 Å². The zero-order chi connectivity index (χ0) is 18.0. The summed E-state index contributed by atoms with van der Waals surface area (Å²) in [6.07, 6.45) is 2.29. The van der Waals surface area contributed by atoms with E-state index in [0.29, 0.717) is 43.1 Å². The Kier molecular flexibility index (Phi) is 4.76. The molecule has 1 saturated heterocycles. The van der Waals surface area contributed by atoms with Gasteiger partial charge in [-0.2, -0.15) is 0 Å². The summed E-state index contributed by atoms with van der Waals surface area (Å²) in [5, 5.41) is 7.06. The lowest BCUT2D eigenvalue weighted by Crippen LogP contribution is -2.38. The summed E-state index contributed by atoms with van der Waals surface area (Å²) >= 11 is 0. The number of sulfone groups is 1. The standard InChI is InChI=1S/C16H19N3O5S/c1-23-13-6-4-3-5-12(13)15(20)19-9-7-11(8-10-19)14-17-18-16(24-14)25(2,21)22/h3-6,11H,7-10H2,1-2H3. The Morgan fingerprint density at radius 1 is 1.24 bits per heavy atom. The van der Waals surface area contributed by atoms with Gasteiger partial charge in [0.1, 0.15) is 5.75 Å². The molecule has 2 heterocycles. The van der Waals surface area contributed by atoms with Crippen LogP contribution in [0.3, 0.4) is 0 Å². The van der Waals surface area contributed by atoms with Gasteiger partial charge in [0.2, 0.25) is 15.7 Å². The average Bonchev–Trinajstić information content (AvgIpc) is 3.12. The number of ether oxygens (including phenoxy) is 1. The predicted octanol–water partition coefficient (Wildman–Crippen LogP) is 1.50. The number of benzene rings is 1. The maximum atomic E-state index is 12.7. The van der Waals surface area contributed by atoms with Gasteiger partial charge in [0, 0.05) is 25.3 Å². The molecule has 3 rings (SSSR count). The first-order valence-electron chi connectivity index (χ1n) is 7.86. The molecule has 2 aromatic rings. The quantitative estimate of drug-likeness (QED) is 0.809. The van der Waals surface area contributed by atoms with Crippen molar-refractivity contribution in [2.75, 3.05) is 26.5 Å². The van der Waals surface area contributed by atoms with Gasteiger partial charge in [-0.15, -0.1) is 5.10 Å². The number of carbonyl (C=O) groups excluding carboxylic acids is 1. The van der Waals surface area contributed by atoms with Crippen molar-refractivity contribution in [3.63, 3.8) is 0 Å². The first kappa shape index (κ1) is 17.4.